The predicted molar refractivity (Wildman–Crippen MR) is 74.3 cm³/mol. The summed E-state index contributed by atoms with van der Waals surface area (Å²) in [5.74, 6) is 5.92. The zero-order valence-electron chi connectivity index (χ0n) is 9.29. The average molecular weight is 378 g/mol. The van der Waals surface area contributed by atoms with Crippen molar-refractivity contribution in [3.63, 3.8) is 0 Å². The summed E-state index contributed by atoms with van der Waals surface area (Å²) in [5.41, 5.74) is 3.50. The molecule has 2 aromatic rings. The lowest BCUT2D eigenvalue weighted by molar-refractivity contribution is 0.404. The van der Waals surface area contributed by atoms with E-state index in [0.717, 1.165) is 5.56 Å². The largest absolute Gasteiger partial charge is 0.453 e. The number of benzene rings is 1. The maximum absolute atomic E-state index is 13.3. The highest BCUT2D eigenvalue weighted by Gasteiger charge is 2.15. The van der Waals surface area contributed by atoms with Gasteiger partial charge >= 0.3 is 0 Å². The molecule has 1 unspecified atom stereocenters. The quantitative estimate of drug-likeness (QED) is 0.631. The SMILES string of the molecule is NNC(Cc1cc(F)cc(Br)c1)c1ccc(Br)o1. The first-order chi connectivity index (χ1) is 8.58. The van der Waals surface area contributed by atoms with E-state index in [9.17, 15) is 4.39 Å². The summed E-state index contributed by atoms with van der Waals surface area (Å²) in [7, 11) is 0. The lowest BCUT2D eigenvalue weighted by Gasteiger charge is -2.13. The Bertz CT molecular complexity index is 524. The number of hydrazine groups is 1. The normalized spacial score (nSPS) is 12.7. The van der Waals surface area contributed by atoms with E-state index in [4.69, 9.17) is 10.3 Å². The van der Waals surface area contributed by atoms with Gasteiger partial charge < -0.3 is 4.42 Å². The fraction of sp³-hybridized carbons (Fsp3) is 0.167. The van der Waals surface area contributed by atoms with E-state index in [1.807, 2.05) is 12.1 Å². The Morgan fingerprint density at radius 2 is 2.06 bits per heavy atom. The average Bonchev–Trinajstić information content (AvgIpc) is 2.71. The molecule has 3 nitrogen and oxygen atoms in total. The van der Waals surface area contributed by atoms with E-state index in [1.165, 1.54) is 12.1 Å². The van der Waals surface area contributed by atoms with Crippen molar-refractivity contribution in [3.05, 3.63) is 56.6 Å². The number of halogens is 3. The van der Waals surface area contributed by atoms with Crippen molar-refractivity contribution in [1.82, 2.24) is 5.43 Å². The first-order valence-corrected chi connectivity index (χ1v) is 6.83. The lowest BCUT2D eigenvalue weighted by atomic mass is 10.0. The lowest BCUT2D eigenvalue weighted by Crippen LogP contribution is -2.29. The molecule has 0 amide bonds. The van der Waals surface area contributed by atoms with Crippen LogP contribution >= 0.6 is 31.9 Å². The van der Waals surface area contributed by atoms with Crippen LogP contribution < -0.4 is 11.3 Å². The molecule has 0 aliphatic rings. The van der Waals surface area contributed by atoms with Crippen LogP contribution in [0.25, 0.3) is 0 Å². The molecule has 1 aromatic heterocycles. The highest BCUT2D eigenvalue weighted by molar-refractivity contribution is 9.10. The van der Waals surface area contributed by atoms with Crippen molar-refractivity contribution in [3.8, 4) is 0 Å². The number of nitrogens with two attached hydrogens (primary N) is 1. The molecular formula is C12H11Br2FN2O. The van der Waals surface area contributed by atoms with Crippen molar-refractivity contribution in [2.75, 3.05) is 0 Å². The van der Waals surface area contributed by atoms with Crippen LogP contribution in [0.2, 0.25) is 0 Å². The standard InChI is InChI=1S/C12H11Br2FN2O/c13-8-3-7(4-9(15)6-8)5-10(17-16)11-1-2-12(14)18-11/h1-4,6,10,17H,5,16H2. The number of hydrogen-bond donors (Lipinski definition) is 2. The van der Waals surface area contributed by atoms with Gasteiger partial charge in [-0.2, -0.15) is 0 Å². The van der Waals surface area contributed by atoms with Gasteiger partial charge in [-0.1, -0.05) is 15.9 Å². The first kappa shape index (κ1) is 13.7. The van der Waals surface area contributed by atoms with Gasteiger partial charge in [-0.15, -0.1) is 0 Å². The minimum atomic E-state index is -0.282. The van der Waals surface area contributed by atoms with Gasteiger partial charge in [0.05, 0.1) is 6.04 Å². The van der Waals surface area contributed by atoms with Gasteiger partial charge in [-0.3, -0.25) is 5.84 Å². The van der Waals surface area contributed by atoms with Crippen molar-refractivity contribution in [2.45, 2.75) is 12.5 Å². The van der Waals surface area contributed by atoms with Crippen LogP contribution in [0.1, 0.15) is 17.4 Å². The summed E-state index contributed by atoms with van der Waals surface area (Å²) < 4.78 is 20.1. The Balaban J connectivity index is 2.20. The van der Waals surface area contributed by atoms with Gasteiger partial charge in [0.25, 0.3) is 0 Å². The molecule has 0 fully saturated rings. The van der Waals surface area contributed by atoms with E-state index in [1.54, 1.807) is 6.07 Å². The van der Waals surface area contributed by atoms with E-state index in [-0.39, 0.29) is 11.9 Å². The molecule has 18 heavy (non-hydrogen) atoms. The van der Waals surface area contributed by atoms with Crippen molar-refractivity contribution in [2.24, 2.45) is 5.84 Å². The molecule has 0 aliphatic heterocycles. The van der Waals surface area contributed by atoms with Crippen molar-refractivity contribution < 1.29 is 8.81 Å². The maximum atomic E-state index is 13.3. The van der Waals surface area contributed by atoms with Crippen LogP contribution in [0.5, 0.6) is 0 Å². The van der Waals surface area contributed by atoms with E-state index >= 15 is 0 Å². The van der Waals surface area contributed by atoms with Crippen LogP contribution in [0.3, 0.4) is 0 Å². The highest BCUT2D eigenvalue weighted by atomic mass is 79.9. The summed E-state index contributed by atoms with van der Waals surface area (Å²) in [5, 5.41) is 0. The molecule has 96 valence electrons. The van der Waals surface area contributed by atoms with Crippen LogP contribution in [0, 0.1) is 5.82 Å². The molecule has 2 rings (SSSR count). The van der Waals surface area contributed by atoms with Crippen LogP contribution in [-0.4, -0.2) is 0 Å². The molecule has 1 atom stereocenters. The molecule has 3 N–H and O–H groups in total. The Kier molecular flexibility index (Phi) is 4.55. The fourth-order valence-electron chi connectivity index (χ4n) is 1.72. The third-order valence-electron chi connectivity index (χ3n) is 2.50. The van der Waals surface area contributed by atoms with E-state index in [2.05, 4.69) is 37.3 Å². The first-order valence-electron chi connectivity index (χ1n) is 5.25. The highest BCUT2D eigenvalue weighted by Crippen LogP contribution is 2.24. The molecule has 0 saturated carbocycles. The Hall–Kier alpha value is -0.690. The predicted octanol–water partition coefficient (Wildman–Crippen LogP) is 3.69. The Morgan fingerprint density at radius 3 is 2.61 bits per heavy atom. The van der Waals surface area contributed by atoms with Gasteiger partial charge in [0, 0.05) is 4.47 Å². The molecule has 0 radical (unpaired) electrons. The van der Waals surface area contributed by atoms with Gasteiger partial charge in [0.15, 0.2) is 4.67 Å². The van der Waals surface area contributed by atoms with E-state index in [0.29, 0.717) is 21.3 Å². The summed E-state index contributed by atoms with van der Waals surface area (Å²) in [6.07, 6.45) is 0.535. The molecule has 1 aromatic carbocycles. The molecule has 6 heteroatoms. The smallest absolute Gasteiger partial charge is 0.169 e. The summed E-state index contributed by atoms with van der Waals surface area (Å²) in [6, 6.07) is 8.16. The van der Waals surface area contributed by atoms with Gasteiger partial charge in [0.1, 0.15) is 11.6 Å². The summed E-state index contributed by atoms with van der Waals surface area (Å²) >= 11 is 6.50. The third kappa shape index (κ3) is 3.41. The number of nitrogens with one attached hydrogen (secondary N) is 1. The second kappa shape index (κ2) is 5.97. The number of hydrogen-bond acceptors (Lipinski definition) is 3. The second-order valence-corrected chi connectivity index (χ2v) is 5.54. The van der Waals surface area contributed by atoms with Crippen LogP contribution in [-0.2, 0) is 6.42 Å². The van der Waals surface area contributed by atoms with Gasteiger partial charge in [-0.05, 0) is 58.2 Å². The number of rotatable bonds is 4. The minimum absolute atomic E-state index is 0.204. The van der Waals surface area contributed by atoms with Crippen LogP contribution in [0.15, 0.2) is 43.9 Å². The Labute approximate surface area is 121 Å². The summed E-state index contributed by atoms with van der Waals surface area (Å²) in [6.45, 7) is 0. The maximum Gasteiger partial charge on any atom is 0.169 e. The monoisotopic (exact) mass is 376 g/mol. The molecule has 1 heterocycles. The number of furan rings is 1. The third-order valence-corrected chi connectivity index (χ3v) is 3.38. The zero-order chi connectivity index (χ0) is 13.1. The van der Waals surface area contributed by atoms with Gasteiger partial charge in [0.2, 0.25) is 0 Å². The minimum Gasteiger partial charge on any atom is -0.453 e. The van der Waals surface area contributed by atoms with E-state index < -0.39 is 0 Å². The zero-order valence-corrected chi connectivity index (χ0v) is 12.5. The summed E-state index contributed by atoms with van der Waals surface area (Å²) in [4.78, 5) is 0. The van der Waals surface area contributed by atoms with Crippen molar-refractivity contribution >= 4 is 31.9 Å². The molecular weight excluding hydrogens is 367 g/mol. The Morgan fingerprint density at radius 1 is 1.28 bits per heavy atom. The topological polar surface area (TPSA) is 51.2 Å². The molecule has 0 spiro atoms. The second-order valence-electron chi connectivity index (χ2n) is 3.84. The van der Waals surface area contributed by atoms with Crippen molar-refractivity contribution in [1.29, 1.82) is 0 Å². The fourth-order valence-corrected chi connectivity index (χ4v) is 2.55. The molecule has 0 aliphatic carbocycles. The molecule has 0 saturated heterocycles. The van der Waals surface area contributed by atoms with Crippen LogP contribution in [0.4, 0.5) is 4.39 Å². The van der Waals surface area contributed by atoms with Gasteiger partial charge in [-0.25, -0.2) is 9.82 Å². The molecule has 0 bridgehead atoms.